The molecular formula is C13H22BrClN2. The van der Waals surface area contributed by atoms with Gasteiger partial charge in [0.25, 0.3) is 0 Å². The number of rotatable bonds is 5. The monoisotopic (exact) mass is 320 g/mol. The van der Waals surface area contributed by atoms with E-state index >= 15 is 0 Å². The van der Waals surface area contributed by atoms with Gasteiger partial charge in [-0.1, -0.05) is 55.2 Å². The zero-order valence-electron chi connectivity index (χ0n) is 11.3. The van der Waals surface area contributed by atoms with Gasteiger partial charge < -0.3 is 0 Å². The highest BCUT2D eigenvalue weighted by Gasteiger charge is 2.30. The van der Waals surface area contributed by atoms with Crippen LogP contribution in [0.25, 0.3) is 0 Å². The average molecular weight is 322 g/mol. The summed E-state index contributed by atoms with van der Waals surface area (Å²) >= 11 is 10.0. The maximum absolute atomic E-state index is 6.40. The molecule has 1 heterocycles. The molecule has 4 heteroatoms. The van der Waals surface area contributed by atoms with E-state index < -0.39 is 0 Å². The van der Waals surface area contributed by atoms with E-state index in [9.17, 15) is 0 Å². The Balaban J connectivity index is 3.06. The topological polar surface area (TPSA) is 17.8 Å². The molecule has 98 valence electrons. The van der Waals surface area contributed by atoms with Gasteiger partial charge in [-0.2, -0.15) is 5.10 Å². The Labute approximate surface area is 118 Å². The van der Waals surface area contributed by atoms with Gasteiger partial charge in [-0.25, -0.2) is 0 Å². The van der Waals surface area contributed by atoms with Crippen molar-refractivity contribution in [3.8, 4) is 0 Å². The van der Waals surface area contributed by atoms with Crippen LogP contribution >= 0.6 is 27.5 Å². The van der Waals surface area contributed by atoms with E-state index in [4.69, 9.17) is 11.6 Å². The van der Waals surface area contributed by atoms with Gasteiger partial charge in [-0.05, 0) is 24.2 Å². The average Bonchev–Trinajstić information content (AvgIpc) is 2.55. The van der Waals surface area contributed by atoms with E-state index in [1.54, 1.807) is 0 Å². The molecule has 1 atom stereocenters. The lowest BCUT2D eigenvalue weighted by atomic mass is 9.77. The lowest BCUT2D eigenvalue weighted by molar-refractivity contribution is 0.252. The number of halogens is 2. The number of aromatic nitrogens is 2. The van der Waals surface area contributed by atoms with Gasteiger partial charge in [0.2, 0.25) is 0 Å². The SMILES string of the molecule is CCc1nn(C)c(CC(C)(CBr)C(C)C)c1Cl. The fraction of sp³-hybridized carbons (Fsp3) is 0.769. The Hall–Kier alpha value is -0.0200. The molecular weight excluding hydrogens is 300 g/mol. The maximum atomic E-state index is 6.40. The second-order valence-corrected chi connectivity index (χ2v) is 6.24. The van der Waals surface area contributed by atoms with Gasteiger partial charge in [0.1, 0.15) is 0 Å². The maximum Gasteiger partial charge on any atom is 0.0849 e. The van der Waals surface area contributed by atoms with Crippen LogP contribution in [-0.2, 0) is 19.9 Å². The van der Waals surface area contributed by atoms with E-state index in [-0.39, 0.29) is 5.41 Å². The van der Waals surface area contributed by atoms with Gasteiger partial charge in [-0.15, -0.1) is 0 Å². The van der Waals surface area contributed by atoms with Crippen molar-refractivity contribution in [2.45, 2.75) is 40.5 Å². The molecule has 0 amide bonds. The minimum atomic E-state index is 0.211. The van der Waals surface area contributed by atoms with Crippen molar-refractivity contribution < 1.29 is 0 Å². The van der Waals surface area contributed by atoms with Gasteiger partial charge in [0.15, 0.2) is 0 Å². The van der Waals surface area contributed by atoms with Gasteiger partial charge in [-0.3, -0.25) is 4.68 Å². The summed E-state index contributed by atoms with van der Waals surface area (Å²) < 4.78 is 1.93. The highest BCUT2D eigenvalue weighted by Crippen LogP contribution is 2.35. The summed E-state index contributed by atoms with van der Waals surface area (Å²) in [6, 6.07) is 0. The highest BCUT2D eigenvalue weighted by molar-refractivity contribution is 9.09. The molecule has 0 spiro atoms. The predicted molar refractivity (Wildman–Crippen MR) is 78.0 cm³/mol. The van der Waals surface area contributed by atoms with Crippen LogP contribution in [0.2, 0.25) is 5.02 Å². The molecule has 0 saturated heterocycles. The van der Waals surface area contributed by atoms with Crippen LogP contribution in [-0.4, -0.2) is 15.1 Å². The van der Waals surface area contributed by atoms with Crippen LogP contribution in [0, 0.1) is 11.3 Å². The van der Waals surface area contributed by atoms with Crippen molar-refractivity contribution in [3.05, 3.63) is 16.4 Å². The molecule has 0 radical (unpaired) electrons. The Kier molecular flexibility index (Phi) is 5.08. The zero-order valence-corrected chi connectivity index (χ0v) is 13.7. The lowest BCUT2D eigenvalue weighted by Crippen LogP contribution is -2.29. The van der Waals surface area contributed by atoms with Crippen molar-refractivity contribution in [2.75, 3.05) is 5.33 Å². The lowest BCUT2D eigenvalue weighted by Gasteiger charge is -2.32. The molecule has 0 N–H and O–H groups in total. The number of nitrogens with zero attached hydrogens (tertiary/aromatic N) is 2. The van der Waals surface area contributed by atoms with E-state index in [2.05, 4.69) is 48.7 Å². The smallest absolute Gasteiger partial charge is 0.0849 e. The molecule has 0 aliphatic carbocycles. The summed E-state index contributed by atoms with van der Waals surface area (Å²) in [6.07, 6.45) is 1.84. The molecule has 0 fully saturated rings. The fourth-order valence-electron chi connectivity index (χ4n) is 1.80. The van der Waals surface area contributed by atoms with Crippen LogP contribution in [0.3, 0.4) is 0 Å². The molecule has 2 nitrogen and oxygen atoms in total. The molecule has 1 unspecified atom stereocenters. The second kappa shape index (κ2) is 5.75. The van der Waals surface area contributed by atoms with Crippen molar-refractivity contribution >= 4 is 27.5 Å². The third-order valence-corrected chi connectivity index (χ3v) is 5.49. The minimum Gasteiger partial charge on any atom is -0.271 e. The number of alkyl halides is 1. The first-order valence-electron chi connectivity index (χ1n) is 6.12. The van der Waals surface area contributed by atoms with Gasteiger partial charge in [0, 0.05) is 12.4 Å². The number of hydrogen-bond acceptors (Lipinski definition) is 1. The summed E-state index contributed by atoms with van der Waals surface area (Å²) in [5.74, 6) is 0.595. The van der Waals surface area contributed by atoms with Crippen molar-refractivity contribution in [1.29, 1.82) is 0 Å². The van der Waals surface area contributed by atoms with Gasteiger partial charge >= 0.3 is 0 Å². The standard InChI is InChI=1S/C13H22BrClN2/c1-6-10-12(15)11(17(5)16-10)7-13(4,8-14)9(2)3/h9H,6-8H2,1-5H3. The summed E-state index contributed by atoms with van der Waals surface area (Å²) in [5, 5.41) is 6.30. The quantitative estimate of drug-likeness (QED) is 0.742. The van der Waals surface area contributed by atoms with E-state index in [1.807, 2.05) is 11.7 Å². The first-order chi connectivity index (χ1) is 7.85. The van der Waals surface area contributed by atoms with Crippen LogP contribution in [0.15, 0.2) is 0 Å². The Morgan fingerprint density at radius 2 is 2.06 bits per heavy atom. The summed E-state index contributed by atoms with van der Waals surface area (Å²) in [5.41, 5.74) is 2.37. The minimum absolute atomic E-state index is 0.211. The molecule has 1 aromatic rings. The van der Waals surface area contributed by atoms with Crippen molar-refractivity contribution in [3.63, 3.8) is 0 Å². The first kappa shape index (κ1) is 15.0. The Morgan fingerprint density at radius 3 is 2.41 bits per heavy atom. The zero-order chi connectivity index (χ0) is 13.2. The molecule has 0 aromatic carbocycles. The summed E-state index contributed by atoms with van der Waals surface area (Å²) in [7, 11) is 1.98. The summed E-state index contributed by atoms with van der Waals surface area (Å²) in [6.45, 7) is 8.89. The molecule has 1 aromatic heterocycles. The van der Waals surface area contributed by atoms with Gasteiger partial charge in [0.05, 0.1) is 16.4 Å². The van der Waals surface area contributed by atoms with Crippen molar-refractivity contribution in [2.24, 2.45) is 18.4 Å². The van der Waals surface area contributed by atoms with Crippen LogP contribution < -0.4 is 0 Å². The van der Waals surface area contributed by atoms with E-state index in [0.717, 1.165) is 34.6 Å². The van der Waals surface area contributed by atoms with E-state index in [0.29, 0.717) is 5.92 Å². The Bertz CT molecular complexity index is 387. The highest BCUT2D eigenvalue weighted by atomic mass is 79.9. The fourth-order valence-corrected chi connectivity index (χ4v) is 3.01. The normalized spacial score (nSPS) is 15.3. The van der Waals surface area contributed by atoms with Crippen LogP contribution in [0.4, 0.5) is 0 Å². The first-order valence-corrected chi connectivity index (χ1v) is 7.61. The molecule has 0 bridgehead atoms. The second-order valence-electron chi connectivity index (χ2n) is 5.30. The molecule has 0 saturated carbocycles. The molecule has 0 aliphatic rings. The largest absolute Gasteiger partial charge is 0.271 e. The van der Waals surface area contributed by atoms with Crippen LogP contribution in [0.5, 0.6) is 0 Å². The molecule has 17 heavy (non-hydrogen) atoms. The predicted octanol–water partition coefficient (Wildman–Crippen LogP) is 4.24. The number of aryl methyl sites for hydroxylation is 2. The van der Waals surface area contributed by atoms with Crippen molar-refractivity contribution in [1.82, 2.24) is 9.78 Å². The van der Waals surface area contributed by atoms with Crippen LogP contribution in [0.1, 0.15) is 39.1 Å². The number of hydrogen-bond donors (Lipinski definition) is 0. The third-order valence-electron chi connectivity index (χ3n) is 3.77. The summed E-state index contributed by atoms with van der Waals surface area (Å²) in [4.78, 5) is 0. The Morgan fingerprint density at radius 1 is 1.47 bits per heavy atom. The molecule has 0 aliphatic heterocycles. The third kappa shape index (κ3) is 3.05. The molecule has 1 rings (SSSR count). The van der Waals surface area contributed by atoms with E-state index in [1.165, 1.54) is 0 Å².